The van der Waals surface area contributed by atoms with E-state index in [1.165, 1.54) is 0 Å². The summed E-state index contributed by atoms with van der Waals surface area (Å²) in [5, 5.41) is 2.92. The number of nitrogens with one attached hydrogen (secondary N) is 2. The number of hydrogen-bond acceptors (Lipinski definition) is 6. The summed E-state index contributed by atoms with van der Waals surface area (Å²) in [6.07, 6.45) is 1.66. The number of carbonyl (C=O) groups is 2. The lowest BCUT2D eigenvalue weighted by Gasteiger charge is -2.36. The van der Waals surface area contributed by atoms with Crippen LogP contribution in [-0.4, -0.2) is 64.5 Å². The number of aromatic amines is 1. The van der Waals surface area contributed by atoms with Crippen LogP contribution < -0.4 is 21.5 Å². The first-order chi connectivity index (χ1) is 15.4. The number of hydrogen-bond donors (Lipinski definition) is 2. The van der Waals surface area contributed by atoms with E-state index >= 15 is 0 Å². The second-order valence-corrected chi connectivity index (χ2v) is 7.50. The van der Waals surface area contributed by atoms with Gasteiger partial charge in [-0.2, -0.15) is 0 Å². The van der Waals surface area contributed by atoms with Crippen LogP contribution in [0.4, 0.5) is 5.69 Å². The number of nitrogens with zero attached hydrogens (tertiary/aromatic N) is 4. The molecule has 3 aromatic rings. The monoisotopic (exact) mass is 436 g/mol. The molecule has 1 saturated heterocycles. The van der Waals surface area contributed by atoms with Gasteiger partial charge in [0.05, 0.1) is 22.8 Å². The Morgan fingerprint density at radius 2 is 1.84 bits per heavy atom. The van der Waals surface area contributed by atoms with E-state index < -0.39 is 5.69 Å². The number of benzene rings is 1. The van der Waals surface area contributed by atoms with Crippen LogP contribution in [0, 0.1) is 0 Å². The highest BCUT2D eigenvalue weighted by molar-refractivity contribution is 5.97. The first-order valence-corrected chi connectivity index (χ1v) is 10.4. The molecule has 0 radical (unpaired) electrons. The summed E-state index contributed by atoms with van der Waals surface area (Å²) in [5.74, 6) is -0.391. The molecule has 1 aromatic carbocycles. The summed E-state index contributed by atoms with van der Waals surface area (Å²) in [5.41, 5.74) is 1.17. The van der Waals surface area contributed by atoms with Crippen molar-refractivity contribution in [3.05, 3.63) is 68.6 Å². The van der Waals surface area contributed by atoms with Crippen LogP contribution in [0.3, 0.4) is 0 Å². The fourth-order valence-corrected chi connectivity index (χ4v) is 3.86. The van der Waals surface area contributed by atoms with Crippen molar-refractivity contribution in [3.8, 4) is 0 Å². The van der Waals surface area contributed by atoms with Crippen LogP contribution >= 0.6 is 0 Å². The Morgan fingerprint density at radius 3 is 2.47 bits per heavy atom. The van der Waals surface area contributed by atoms with E-state index in [-0.39, 0.29) is 23.9 Å². The highest BCUT2D eigenvalue weighted by Gasteiger charge is 2.23. The van der Waals surface area contributed by atoms with Gasteiger partial charge in [-0.05, 0) is 37.3 Å². The molecule has 0 unspecified atom stereocenters. The number of H-pyrrole nitrogens is 1. The molecule has 32 heavy (non-hydrogen) atoms. The van der Waals surface area contributed by atoms with Crippen LogP contribution in [0.2, 0.25) is 0 Å². The molecule has 1 aliphatic rings. The number of piperazine rings is 1. The van der Waals surface area contributed by atoms with Gasteiger partial charge in [0, 0.05) is 45.3 Å². The minimum Gasteiger partial charge on any atom is -0.367 e. The van der Waals surface area contributed by atoms with Gasteiger partial charge in [0.1, 0.15) is 5.69 Å². The highest BCUT2D eigenvalue weighted by Crippen LogP contribution is 2.18. The van der Waals surface area contributed by atoms with Crippen molar-refractivity contribution < 1.29 is 9.59 Å². The van der Waals surface area contributed by atoms with Gasteiger partial charge >= 0.3 is 5.69 Å². The van der Waals surface area contributed by atoms with Crippen molar-refractivity contribution >= 4 is 28.4 Å². The normalized spacial score (nSPS) is 13.9. The SMILES string of the molecule is CCn1c(=O)[nH]c2cc(C(=O)N3CCN(c4ccc(C(=O)NC)nc4)CC3)ccc2c1=O. The average Bonchev–Trinajstić information content (AvgIpc) is 2.83. The number of anilines is 1. The maximum Gasteiger partial charge on any atom is 0.328 e. The molecule has 0 spiro atoms. The van der Waals surface area contributed by atoms with Crippen molar-refractivity contribution in [2.24, 2.45) is 0 Å². The van der Waals surface area contributed by atoms with E-state index in [1.54, 1.807) is 49.3 Å². The molecule has 10 heteroatoms. The Labute approximate surface area is 183 Å². The highest BCUT2D eigenvalue weighted by atomic mass is 16.2. The predicted octanol–water partition coefficient (Wildman–Crippen LogP) is 0.427. The molecule has 0 aliphatic carbocycles. The summed E-state index contributed by atoms with van der Waals surface area (Å²) in [6.45, 7) is 4.28. The summed E-state index contributed by atoms with van der Waals surface area (Å²) in [4.78, 5) is 59.9. The van der Waals surface area contributed by atoms with Gasteiger partial charge in [-0.15, -0.1) is 0 Å². The van der Waals surface area contributed by atoms with E-state index in [9.17, 15) is 19.2 Å². The van der Waals surface area contributed by atoms with Gasteiger partial charge in [-0.1, -0.05) is 0 Å². The second kappa shape index (κ2) is 8.66. The van der Waals surface area contributed by atoms with Crippen molar-refractivity contribution in [3.63, 3.8) is 0 Å². The van der Waals surface area contributed by atoms with E-state index in [1.807, 2.05) is 6.07 Å². The van der Waals surface area contributed by atoms with E-state index in [0.717, 1.165) is 10.3 Å². The maximum atomic E-state index is 13.0. The molecule has 1 fully saturated rings. The topological polar surface area (TPSA) is 120 Å². The van der Waals surface area contributed by atoms with Crippen molar-refractivity contribution in [1.29, 1.82) is 0 Å². The number of pyridine rings is 1. The number of carbonyl (C=O) groups excluding carboxylic acids is 2. The van der Waals surface area contributed by atoms with Crippen molar-refractivity contribution in [1.82, 2.24) is 24.8 Å². The maximum absolute atomic E-state index is 13.0. The largest absolute Gasteiger partial charge is 0.367 e. The number of amides is 2. The van der Waals surface area contributed by atoms with Crippen molar-refractivity contribution in [2.45, 2.75) is 13.5 Å². The van der Waals surface area contributed by atoms with Crippen LogP contribution in [0.15, 0.2) is 46.1 Å². The Bertz CT molecular complexity index is 1290. The minimum absolute atomic E-state index is 0.153. The second-order valence-electron chi connectivity index (χ2n) is 7.50. The Kier molecular flexibility index (Phi) is 5.76. The molecule has 4 rings (SSSR count). The third-order valence-corrected chi connectivity index (χ3v) is 5.68. The van der Waals surface area contributed by atoms with Gasteiger partial charge in [-0.25, -0.2) is 9.78 Å². The van der Waals surface area contributed by atoms with Gasteiger partial charge in [0.2, 0.25) is 0 Å². The molecule has 3 heterocycles. The first kappa shape index (κ1) is 21.3. The minimum atomic E-state index is -0.487. The molecular weight excluding hydrogens is 412 g/mol. The van der Waals surface area contributed by atoms with Crippen LogP contribution in [-0.2, 0) is 6.54 Å². The molecule has 10 nitrogen and oxygen atoms in total. The third-order valence-electron chi connectivity index (χ3n) is 5.68. The number of rotatable bonds is 4. The molecule has 0 saturated carbocycles. The molecule has 2 amide bonds. The third kappa shape index (κ3) is 3.86. The van der Waals surface area contributed by atoms with Crippen molar-refractivity contribution in [2.75, 3.05) is 38.1 Å². The molecule has 2 N–H and O–H groups in total. The lowest BCUT2D eigenvalue weighted by atomic mass is 10.1. The summed E-state index contributed by atoms with van der Waals surface area (Å²) >= 11 is 0. The summed E-state index contributed by atoms with van der Waals surface area (Å²) in [7, 11) is 1.56. The van der Waals surface area contributed by atoms with E-state index in [2.05, 4.69) is 20.2 Å². The molecular formula is C22H24N6O4. The fourth-order valence-electron chi connectivity index (χ4n) is 3.86. The Hall–Kier alpha value is -3.95. The molecule has 1 aliphatic heterocycles. The quantitative estimate of drug-likeness (QED) is 0.612. The molecule has 166 valence electrons. The van der Waals surface area contributed by atoms with Crippen LogP contribution in [0.1, 0.15) is 27.8 Å². The van der Waals surface area contributed by atoms with Crippen LogP contribution in [0.25, 0.3) is 10.9 Å². The predicted molar refractivity (Wildman–Crippen MR) is 120 cm³/mol. The molecule has 0 atom stereocenters. The zero-order valence-corrected chi connectivity index (χ0v) is 17.9. The van der Waals surface area contributed by atoms with Crippen LogP contribution in [0.5, 0.6) is 0 Å². The van der Waals surface area contributed by atoms with Gasteiger partial charge in [0.15, 0.2) is 0 Å². The molecule has 2 aromatic heterocycles. The smallest absolute Gasteiger partial charge is 0.328 e. The summed E-state index contributed by atoms with van der Waals surface area (Å²) in [6, 6.07) is 8.29. The van der Waals surface area contributed by atoms with Gasteiger partial charge in [0.25, 0.3) is 17.4 Å². The average molecular weight is 436 g/mol. The zero-order chi connectivity index (χ0) is 22.8. The lowest BCUT2D eigenvalue weighted by Crippen LogP contribution is -2.48. The molecule has 0 bridgehead atoms. The van der Waals surface area contributed by atoms with Gasteiger partial charge in [-0.3, -0.25) is 19.0 Å². The zero-order valence-electron chi connectivity index (χ0n) is 17.9. The lowest BCUT2D eigenvalue weighted by molar-refractivity contribution is 0.0746. The standard InChI is InChI=1S/C22H24N6O4/c1-3-28-21(31)16-6-4-14(12-18(16)25-22(28)32)20(30)27-10-8-26(9-11-27)15-5-7-17(24-13-15)19(29)23-2/h4-7,12-13H,3,8-11H2,1-2H3,(H,23,29)(H,25,32). The van der Waals surface area contributed by atoms with E-state index in [0.29, 0.717) is 48.3 Å². The number of aromatic nitrogens is 3. The number of fused-ring (bicyclic) bond motifs is 1. The Morgan fingerprint density at radius 1 is 1.09 bits per heavy atom. The summed E-state index contributed by atoms with van der Waals surface area (Å²) < 4.78 is 1.12. The first-order valence-electron chi connectivity index (χ1n) is 10.4. The van der Waals surface area contributed by atoms with Gasteiger partial charge < -0.3 is 20.1 Å². The fraction of sp³-hybridized carbons (Fsp3) is 0.318. The van der Waals surface area contributed by atoms with E-state index in [4.69, 9.17) is 0 Å². The Balaban J connectivity index is 1.47.